The molecule has 0 spiro atoms. The number of carbonyl (C=O) groups is 1. The number of hydrogen-bond donors (Lipinski definition) is 1. The molecule has 0 radical (unpaired) electrons. The molecular weight excluding hydrogens is 433 g/mol. The van der Waals surface area contributed by atoms with Gasteiger partial charge in [0, 0.05) is 18.7 Å². The number of ether oxygens (including phenoxy) is 2. The van der Waals surface area contributed by atoms with Crippen LogP contribution in [0.4, 0.5) is 18.9 Å². The predicted octanol–water partition coefficient (Wildman–Crippen LogP) is 5.36. The number of halogens is 4. The van der Waals surface area contributed by atoms with Crippen LogP contribution in [0.3, 0.4) is 0 Å². The first kappa shape index (κ1) is 24.8. The normalized spacial score (nSPS) is 15.3. The number of benzene rings is 2. The van der Waals surface area contributed by atoms with E-state index >= 15 is 0 Å². The van der Waals surface area contributed by atoms with Gasteiger partial charge in [0.1, 0.15) is 6.61 Å². The zero-order valence-electron chi connectivity index (χ0n) is 17.2. The highest BCUT2D eigenvalue weighted by Gasteiger charge is 2.30. The summed E-state index contributed by atoms with van der Waals surface area (Å²) in [5, 5.41) is 2.63. The zero-order valence-corrected chi connectivity index (χ0v) is 18.0. The van der Waals surface area contributed by atoms with Gasteiger partial charge in [-0.05, 0) is 56.3 Å². The molecule has 1 heterocycles. The van der Waals surface area contributed by atoms with Crippen LogP contribution >= 0.6 is 12.4 Å². The van der Waals surface area contributed by atoms with E-state index in [0.29, 0.717) is 25.1 Å². The average molecular weight is 459 g/mol. The Balaban J connectivity index is 0.00000341. The van der Waals surface area contributed by atoms with Crippen molar-refractivity contribution in [2.24, 2.45) is 0 Å². The van der Waals surface area contributed by atoms with E-state index in [-0.39, 0.29) is 24.5 Å². The topological polar surface area (TPSA) is 50.8 Å². The number of nitrogens with zero attached hydrogens (tertiary/aromatic N) is 1. The maximum atomic E-state index is 12.6. The molecule has 1 aliphatic heterocycles. The molecule has 0 aliphatic carbocycles. The molecule has 0 bridgehead atoms. The molecule has 9 heteroatoms. The number of para-hydroxylation sites is 2. The van der Waals surface area contributed by atoms with Crippen molar-refractivity contribution >= 4 is 24.0 Å². The molecule has 0 saturated carbocycles. The summed E-state index contributed by atoms with van der Waals surface area (Å²) in [6.45, 7) is 1.26. The van der Waals surface area contributed by atoms with Gasteiger partial charge < -0.3 is 14.8 Å². The molecule has 2 aromatic rings. The highest BCUT2D eigenvalue weighted by Crippen LogP contribution is 2.31. The molecular formula is C22H26ClF3N2O3. The van der Waals surface area contributed by atoms with Crippen LogP contribution < -0.4 is 14.8 Å². The summed E-state index contributed by atoms with van der Waals surface area (Å²) >= 11 is 0. The molecule has 1 amide bonds. The number of amides is 1. The number of alkyl halides is 3. The molecule has 3 rings (SSSR count). The highest BCUT2D eigenvalue weighted by molar-refractivity contribution is 5.90. The van der Waals surface area contributed by atoms with Crippen LogP contribution in [-0.2, 0) is 11.0 Å². The zero-order chi connectivity index (χ0) is 21.6. The van der Waals surface area contributed by atoms with Crippen LogP contribution in [-0.4, -0.2) is 37.2 Å². The first-order valence-corrected chi connectivity index (χ1v) is 9.89. The fourth-order valence-corrected chi connectivity index (χ4v) is 3.16. The third kappa shape index (κ3) is 7.33. The Hall–Kier alpha value is -2.45. The number of likely N-dealkylation sites (N-methyl/N-ethyl adjacent to an activating group) is 1. The largest absolute Gasteiger partial charge is 0.484 e. The molecule has 0 aromatic heterocycles. The van der Waals surface area contributed by atoms with E-state index in [2.05, 4.69) is 10.2 Å². The third-order valence-corrected chi connectivity index (χ3v) is 4.90. The summed E-state index contributed by atoms with van der Waals surface area (Å²) in [5.41, 5.74) is -0.372. The number of anilines is 1. The fourth-order valence-electron chi connectivity index (χ4n) is 3.16. The summed E-state index contributed by atoms with van der Waals surface area (Å²) in [6.07, 6.45) is -1.76. The molecule has 31 heavy (non-hydrogen) atoms. The summed E-state index contributed by atoms with van der Waals surface area (Å²) in [4.78, 5) is 14.1. The van der Waals surface area contributed by atoms with Crippen LogP contribution in [0.1, 0.15) is 31.2 Å². The number of carbonyl (C=O) groups excluding carboxylic acids is 1. The van der Waals surface area contributed by atoms with Gasteiger partial charge in [-0.15, -0.1) is 12.4 Å². The SMILES string of the molecule is CN(CCCCCC(=O)Nc1ccc(C(F)(F)F)cc1)C1COc2ccccc2O1.Cl. The van der Waals surface area contributed by atoms with Crippen molar-refractivity contribution in [3.63, 3.8) is 0 Å². The Bertz CT molecular complexity index is 847. The summed E-state index contributed by atoms with van der Waals surface area (Å²) < 4.78 is 49.3. The fraction of sp³-hybridized carbons (Fsp3) is 0.409. The summed E-state index contributed by atoms with van der Waals surface area (Å²) in [5.74, 6) is 1.28. The lowest BCUT2D eigenvalue weighted by atomic mass is 10.1. The molecule has 170 valence electrons. The molecule has 1 N–H and O–H groups in total. The number of nitrogens with one attached hydrogen (secondary N) is 1. The van der Waals surface area contributed by atoms with E-state index in [1.54, 1.807) is 0 Å². The van der Waals surface area contributed by atoms with E-state index in [9.17, 15) is 18.0 Å². The van der Waals surface area contributed by atoms with Crippen molar-refractivity contribution in [1.82, 2.24) is 4.90 Å². The van der Waals surface area contributed by atoms with E-state index in [0.717, 1.165) is 43.0 Å². The lowest BCUT2D eigenvalue weighted by Crippen LogP contribution is -2.43. The monoisotopic (exact) mass is 458 g/mol. The number of unbranched alkanes of at least 4 members (excludes halogenated alkanes) is 2. The van der Waals surface area contributed by atoms with Gasteiger partial charge >= 0.3 is 6.18 Å². The van der Waals surface area contributed by atoms with Gasteiger partial charge in [-0.3, -0.25) is 9.69 Å². The van der Waals surface area contributed by atoms with Crippen molar-refractivity contribution in [1.29, 1.82) is 0 Å². The number of rotatable bonds is 8. The van der Waals surface area contributed by atoms with Crippen LogP contribution in [0.5, 0.6) is 11.5 Å². The summed E-state index contributed by atoms with van der Waals surface area (Å²) in [7, 11) is 1.97. The number of hydrogen-bond acceptors (Lipinski definition) is 4. The van der Waals surface area contributed by atoms with Gasteiger partial charge in [0.05, 0.1) is 5.56 Å². The van der Waals surface area contributed by atoms with Crippen LogP contribution in [0.25, 0.3) is 0 Å². The highest BCUT2D eigenvalue weighted by atomic mass is 35.5. The minimum absolute atomic E-state index is 0. The van der Waals surface area contributed by atoms with Crippen molar-refractivity contribution in [3.8, 4) is 11.5 Å². The Labute approximate surface area is 185 Å². The Morgan fingerprint density at radius 2 is 1.74 bits per heavy atom. The maximum absolute atomic E-state index is 12.6. The van der Waals surface area contributed by atoms with Crippen molar-refractivity contribution in [2.45, 2.75) is 38.1 Å². The van der Waals surface area contributed by atoms with Gasteiger partial charge in [-0.25, -0.2) is 0 Å². The lowest BCUT2D eigenvalue weighted by Gasteiger charge is -2.32. The first-order valence-electron chi connectivity index (χ1n) is 9.89. The second-order valence-electron chi connectivity index (χ2n) is 7.24. The third-order valence-electron chi connectivity index (χ3n) is 4.90. The van der Waals surface area contributed by atoms with Gasteiger partial charge in [-0.1, -0.05) is 18.6 Å². The quantitative estimate of drug-likeness (QED) is 0.541. The minimum Gasteiger partial charge on any atom is -0.484 e. The molecule has 2 aromatic carbocycles. The predicted molar refractivity (Wildman–Crippen MR) is 115 cm³/mol. The second-order valence-corrected chi connectivity index (χ2v) is 7.24. The van der Waals surface area contributed by atoms with Gasteiger partial charge in [0.15, 0.2) is 17.7 Å². The van der Waals surface area contributed by atoms with Crippen molar-refractivity contribution in [2.75, 3.05) is 25.5 Å². The number of fused-ring (bicyclic) bond motifs is 1. The second kappa shape index (κ2) is 11.2. The molecule has 0 fully saturated rings. The van der Waals surface area contributed by atoms with Gasteiger partial charge in [0.2, 0.25) is 5.91 Å². The summed E-state index contributed by atoms with van der Waals surface area (Å²) in [6, 6.07) is 12.0. The molecule has 5 nitrogen and oxygen atoms in total. The van der Waals surface area contributed by atoms with Crippen molar-refractivity contribution in [3.05, 3.63) is 54.1 Å². The van der Waals surface area contributed by atoms with Crippen LogP contribution in [0, 0.1) is 0 Å². The molecule has 1 unspecified atom stereocenters. The lowest BCUT2D eigenvalue weighted by molar-refractivity contribution is -0.137. The average Bonchev–Trinajstić information content (AvgIpc) is 2.72. The Morgan fingerprint density at radius 3 is 2.42 bits per heavy atom. The molecule has 0 saturated heterocycles. The first-order chi connectivity index (χ1) is 14.3. The van der Waals surface area contributed by atoms with Gasteiger partial charge in [-0.2, -0.15) is 13.2 Å². The Morgan fingerprint density at radius 1 is 1.06 bits per heavy atom. The minimum atomic E-state index is -4.38. The Kier molecular flexibility index (Phi) is 9.00. The standard InChI is InChI=1S/C22H25F3N2O3.ClH/c1-27(21-15-29-18-7-4-5-8-19(18)30-21)14-6-2-3-9-20(28)26-17-12-10-16(11-13-17)22(23,24)25;/h4-5,7-8,10-13,21H,2-3,6,9,14-15H2,1H3,(H,26,28);1H. The van der Waals surface area contributed by atoms with E-state index in [1.807, 2.05) is 31.3 Å². The van der Waals surface area contributed by atoms with Crippen molar-refractivity contribution < 1.29 is 27.4 Å². The van der Waals surface area contributed by atoms with Gasteiger partial charge in [0.25, 0.3) is 0 Å². The van der Waals surface area contributed by atoms with E-state index in [4.69, 9.17) is 9.47 Å². The van der Waals surface area contributed by atoms with Crippen LogP contribution in [0.15, 0.2) is 48.5 Å². The molecule has 1 aliphatic rings. The molecule has 1 atom stereocenters. The van der Waals surface area contributed by atoms with E-state index in [1.165, 1.54) is 12.1 Å². The maximum Gasteiger partial charge on any atom is 0.416 e. The van der Waals surface area contributed by atoms with E-state index < -0.39 is 11.7 Å². The van der Waals surface area contributed by atoms with Crippen LogP contribution in [0.2, 0.25) is 0 Å². The smallest absolute Gasteiger partial charge is 0.416 e.